The molecule has 1 N–H and O–H groups in total. The normalized spacial score (nSPS) is 10.6. The number of nitro groups is 1. The van der Waals surface area contributed by atoms with Crippen molar-refractivity contribution in [1.82, 2.24) is 4.98 Å². The van der Waals surface area contributed by atoms with Gasteiger partial charge in [0.1, 0.15) is 5.69 Å². The summed E-state index contributed by atoms with van der Waals surface area (Å²) >= 11 is 3.24. The van der Waals surface area contributed by atoms with Crippen LogP contribution in [0, 0.1) is 17.0 Å². The van der Waals surface area contributed by atoms with Gasteiger partial charge in [0, 0.05) is 4.47 Å². The molecule has 0 fully saturated rings. The second-order valence-corrected chi connectivity index (χ2v) is 4.23. The lowest BCUT2D eigenvalue weighted by Crippen LogP contribution is -1.96. The van der Waals surface area contributed by atoms with Gasteiger partial charge in [-0.1, -0.05) is 15.9 Å². The molecule has 0 atom stereocenters. The highest BCUT2D eigenvalue weighted by molar-refractivity contribution is 9.10. The van der Waals surface area contributed by atoms with Gasteiger partial charge >= 0.3 is 5.69 Å². The maximum Gasteiger partial charge on any atom is 0.332 e. The molecule has 1 aromatic heterocycles. The van der Waals surface area contributed by atoms with Crippen LogP contribution in [-0.4, -0.2) is 15.0 Å². The number of nitrogens with zero attached hydrogens (tertiary/aromatic N) is 2. The van der Waals surface area contributed by atoms with Crippen molar-refractivity contribution in [2.45, 2.75) is 6.92 Å². The minimum atomic E-state index is -0.627. The molecule has 0 saturated carbocycles. The Hall–Kier alpha value is -1.69. The van der Waals surface area contributed by atoms with Gasteiger partial charge in [-0.15, -0.1) is 0 Å². The van der Waals surface area contributed by atoms with E-state index in [0.717, 1.165) is 4.47 Å². The van der Waals surface area contributed by atoms with Crippen molar-refractivity contribution in [3.8, 4) is 5.75 Å². The minimum absolute atomic E-state index is 0.206. The third-order valence-corrected chi connectivity index (χ3v) is 2.74. The first-order valence-electron chi connectivity index (χ1n) is 4.44. The molecule has 0 aliphatic rings. The Morgan fingerprint density at radius 1 is 1.50 bits per heavy atom. The zero-order chi connectivity index (χ0) is 11.9. The third-order valence-electron chi connectivity index (χ3n) is 2.25. The van der Waals surface area contributed by atoms with E-state index >= 15 is 0 Å². The number of halogens is 1. The highest BCUT2D eigenvalue weighted by atomic mass is 79.9. The van der Waals surface area contributed by atoms with Crippen molar-refractivity contribution in [1.29, 1.82) is 0 Å². The molecule has 2 aromatic rings. The number of aromatic nitrogens is 1. The van der Waals surface area contributed by atoms with Gasteiger partial charge in [-0.05, 0) is 25.1 Å². The molecule has 0 aliphatic heterocycles. The zero-order valence-electron chi connectivity index (χ0n) is 8.27. The maximum atomic E-state index is 10.8. The fraction of sp³-hybridized carbons (Fsp3) is 0.100. The van der Waals surface area contributed by atoms with Gasteiger partial charge in [-0.2, -0.15) is 0 Å². The summed E-state index contributed by atoms with van der Waals surface area (Å²) in [6.45, 7) is 1.50. The molecule has 16 heavy (non-hydrogen) atoms. The van der Waals surface area contributed by atoms with E-state index < -0.39 is 4.92 Å². The molecular formula is C10H7BrN2O3. The number of rotatable bonds is 1. The molecule has 0 saturated heterocycles. The molecule has 0 aliphatic carbocycles. The van der Waals surface area contributed by atoms with Crippen LogP contribution in [0.4, 0.5) is 5.69 Å². The van der Waals surface area contributed by atoms with E-state index in [0.29, 0.717) is 10.9 Å². The summed E-state index contributed by atoms with van der Waals surface area (Å²) in [4.78, 5) is 14.2. The molecule has 0 bridgehead atoms. The van der Waals surface area contributed by atoms with E-state index in [1.54, 1.807) is 18.2 Å². The van der Waals surface area contributed by atoms with Crippen molar-refractivity contribution in [3.63, 3.8) is 0 Å². The Bertz CT molecular complexity index is 598. The van der Waals surface area contributed by atoms with Crippen molar-refractivity contribution >= 4 is 32.5 Å². The number of hydrogen-bond donors (Lipinski definition) is 1. The van der Waals surface area contributed by atoms with E-state index in [2.05, 4.69) is 20.9 Å². The second-order valence-electron chi connectivity index (χ2n) is 3.31. The van der Waals surface area contributed by atoms with Gasteiger partial charge in [0.25, 0.3) is 0 Å². The molecule has 0 unspecified atom stereocenters. The Morgan fingerprint density at radius 3 is 2.81 bits per heavy atom. The van der Waals surface area contributed by atoms with E-state index in [1.807, 2.05) is 0 Å². The zero-order valence-corrected chi connectivity index (χ0v) is 9.85. The molecule has 0 radical (unpaired) electrons. The van der Waals surface area contributed by atoms with Crippen LogP contribution in [0.3, 0.4) is 0 Å². The smallest absolute Gasteiger partial charge is 0.332 e. The minimum Gasteiger partial charge on any atom is -0.502 e. The number of aromatic hydroxyl groups is 1. The van der Waals surface area contributed by atoms with Crippen molar-refractivity contribution in [2.75, 3.05) is 0 Å². The summed E-state index contributed by atoms with van der Waals surface area (Å²) in [5, 5.41) is 21.0. The van der Waals surface area contributed by atoms with Crippen LogP contribution in [0.2, 0.25) is 0 Å². The van der Waals surface area contributed by atoms with Crippen LogP contribution in [0.25, 0.3) is 10.9 Å². The fourth-order valence-corrected chi connectivity index (χ4v) is 1.91. The molecule has 2 rings (SSSR count). The van der Waals surface area contributed by atoms with Gasteiger partial charge in [-0.3, -0.25) is 10.1 Å². The Labute approximate surface area is 99.0 Å². The Kier molecular flexibility index (Phi) is 2.51. The van der Waals surface area contributed by atoms with Crippen molar-refractivity contribution < 1.29 is 10.0 Å². The quantitative estimate of drug-likeness (QED) is 0.644. The summed E-state index contributed by atoms with van der Waals surface area (Å²) in [6.07, 6.45) is 0. The number of benzene rings is 1. The van der Waals surface area contributed by atoms with Gasteiger partial charge < -0.3 is 5.11 Å². The van der Waals surface area contributed by atoms with Crippen LogP contribution in [0.15, 0.2) is 22.7 Å². The van der Waals surface area contributed by atoms with Crippen LogP contribution < -0.4 is 0 Å². The molecular weight excluding hydrogens is 276 g/mol. The molecule has 0 amide bonds. The third kappa shape index (κ3) is 1.61. The summed E-state index contributed by atoms with van der Waals surface area (Å²) in [5.74, 6) is -0.339. The van der Waals surface area contributed by atoms with Gasteiger partial charge in [0.2, 0.25) is 5.75 Å². The van der Waals surface area contributed by atoms with Gasteiger partial charge in [0.05, 0.1) is 15.8 Å². The Balaban J connectivity index is 2.90. The average molecular weight is 283 g/mol. The SMILES string of the molecule is Cc1nc2ccc(Br)cc2c(O)c1[N+](=O)[O-]. The van der Waals surface area contributed by atoms with Crippen molar-refractivity contribution in [3.05, 3.63) is 38.5 Å². The summed E-state index contributed by atoms with van der Waals surface area (Å²) in [5.41, 5.74) is 0.395. The van der Waals surface area contributed by atoms with Crippen LogP contribution >= 0.6 is 15.9 Å². The van der Waals surface area contributed by atoms with E-state index in [1.165, 1.54) is 6.92 Å². The van der Waals surface area contributed by atoms with Crippen LogP contribution in [-0.2, 0) is 0 Å². The van der Waals surface area contributed by atoms with E-state index in [9.17, 15) is 15.2 Å². The lowest BCUT2D eigenvalue weighted by Gasteiger charge is -2.04. The number of fused-ring (bicyclic) bond motifs is 1. The van der Waals surface area contributed by atoms with Crippen molar-refractivity contribution in [2.24, 2.45) is 0 Å². The number of hydrogen-bond acceptors (Lipinski definition) is 4. The molecule has 1 heterocycles. The largest absolute Gasteiger partial charge is 0.502 e. The lowest BCUT2D eigenvalue weighted by molar-refractivity contribution is -0.386. The fourth-order valence-electron chi connectivity index (χ4n) is 1.55. The first-order chi connectivity index (χ1) is 7.50. The molecule has 5 nitrogen and oxygen atoms in total. The summed E-state index contributed by atoms with van der Waals surface area (Å²) in [7, 11) is 0. The lowest BCUT2D eigenvalue weighted by atomic mass is 10.1. The van der Waals surface area contributed by atoms with Crippen LogP contribution in [0.1, 0.15) is 5.69 Å². The second kappa shape index (κ2) is 3.71. The predicted molar refractivity (Wildman–Crippen MR) is 62.5 cm³/mol. The summed E-state index contributed by atoms with van der Waals surface area (Å²) < 4.78 is 0.732. The van der Waals surface area contributed by atoms with E-state index in [4.69, 9.17) is 0 Å². The highest BCUT2D eigenvalue weighted by Crippen LogP contribution is 2.36. The summed E-state index contributed by atoms with van der Waals surface area (Å²) in [6, 6.07) is 5.06. The van der Waals surface area contributed by atoms with Gasteiger partial charge in [0.15, 0.2) is 0 Å². The predicted octanol–water partition coefficient (Wildman–Crippen LogP) is 2.92. The first kappa shape index (κ1) is 10.8. The molecule has 1 aromatic carbocycles. The van der Waals surface area contributed by atoms with Gasteiger partial charge in [-0.25, -0.2) is 4.98 Å². The molecule has 6 heteroatoms. The number of pyridine rings is 1. The molecule has 0 spiro atoms. The Morgan fingerprint density at radius 2 is 2.19 bits per heavy atom. The highest BCUT2D eigenvalue weighted by Gasteiger charge is 2.21. The van der Waals surface area contributed by atoms with E-state index in [-0.39, 0.29) is 17.1 Å². The average Bonchev–Trinajstić information content (AvgIpc) is 2.19. The first-order valence-corrected chi connectivity index (χ1v) is 5.23. The maximum absolute atomic E-state index is 10.8. The van der Waals surface area contributed by atoms with Crippen LogP contribution in [0.5, 0.6) is 5.75 Å². The topological polar surface area (TPSA) is 76.3 Å². The number of aryl methyl sites for hydroxylation is 1. The standard InChI is InChI=1S/C10H7BrN2O3/c1-5-9(13(15)16)10(14)7-4-6(11)2-3-8(7)12-5/h2-4H,1H3,(H,12,14). The monoisotopic (exact) mass is 282 g/mol. The molecule has 82 valence electrons.